The molecule has 30 heavy (non-hydrogen) atoms. The van der Waals surface area contributed by atoms with Crippen LogP contribution in [0.1, 0.15) is 35.2 Å². The number of nitrogens with zero attached hydrogens (tertiary/aromatic N) is 1. The average Bonchev–Trinajstić information content (AvgIpc) is 3.03. The van der Waals surface area contributed by atoms with Gasteiger partial charge in [-0.3, -0.25) is 4.79 Å². The Kier molecular flexibility index (Phi) is 3.60. The predicted octanol–water partition coefficient (Wildman–Crippen LogP) is 3.76. The summed E-state index contributed by atoms with van der Waals surface area (Å²) in [5.41, 5.74) is -2.24. The maximum absolute atomic E-state index is 13.7. The number of carbonyl (C=O) groups is 1. The number of alkyl halides is 3. The van der Waals surface area contributed by atoms with Gasteiger partial charge in [0.1, 0.15) is 5.52 Å². The van der Waals surface area contributed by atoms with Crippen LogP contribution in [0.3, 0.4) is 0 Å². The molecule has 6 nitrogen and oxygen atoms in total. The first-order chi connectivity index (χ1) is 14.0. The van der Waals surface area contributed by atoms with Gasteiger partial charge in [-0.1, -0.05) is 0 Å². The number of nitrogens with one attached hydrogen (secondary N) is 1. The number of aromatic nitrogens is 1. The molecule has 0 aliphatic heterocycles. The molecule has 3 aliphatic rings. The normalized spacial score (nSPS) is 25.0. The Morgan fingerprint density at radius 2 is 1.87 bits per heavy atom. The molecule has 1 aromatic heterocycles. The van der Waals surface area contributed by atoms with Crippen LogP contribution in [0.5, 0.6) is 5.75 Å². The van der Waals surface area contributed by atoms with Crippen LogP contribution in [0, 0.1) is 5.82 Å². The number of phenols is 1. The van der Waals surface area contributed by atoms with E-state index in [-0.39, 0.29) is 39.6 Å². The molecule has 3 N–H and O–H groups in total. The summed E-state index contributed by atoms with van der Waals surface area (Å²) in [6.07, 6.45) is -3.48. The van der Waals surface area contributed by atoms with E-state index in [0.29, 0.717) is 25.3 Å². The second kappa shape index (κ2) is 5.72. The molecule has 0 radical (unpaired) electrons. The highest BCUT2D eigenvalue weighted by atomic mass is 19.4. The minimum Gasteiger partial charge on any atom is -0.505 e. The first-order valence-corrected chi connectivity index (χ1v) is 9.03. The Balaban J connectivity index is 1.46. The molecule has 0 atom stereocenters. The van der Waals surface area contributed by atoms with Crippen molar-refractivity contribution in [3.8, 4) is 17.2 Å². The van der Waals surface area contributed by atoms with E-state index in [0.717, 1.165) is 6.07 Å². The van der Waals surface area contributed by atoms with Crippen molar-refractivity contribution in [1.29, 1.82) is 0 Å². The van der Waals surface area contributed by atoms with Crippen molar-refractivity contribution in [2.45, 2.75) is 36.6 Å². The van der Waals surface area contributed by atoms with Crippen molar-refractivity contribution in [2.75, 3.05) is 0 Å². The molecule has 1 amide bonds. The molecule has 10 heteroatoms. The first-order valence-electron chi connectivity index (χ1n) is 9.03. The molecular formula is C20H14F4N2O4. The van der Waals surface area contributed by atoms with Gasteiger partial charge in [0.15, 0.2) is 17.1 Å². The van der Waals surface area contributed by atoms with Crippen molar-refractivity contribution in [3.63, 3.8) is 0 Å². The Labute approximate surface area is 166 Å². The number of benzene rings is 2. The SMILES string of the molecule is O=C(NC12CC(O)(C1)C2)c1ccc2oc(-c3cc(O)c(F)c(C(F)(F)F)c3)nc2c1. The van der Waals surface area contributed by atoms with E-state index < -0.39 is 28.9 Å². The topological polar surface area (TPSA) is 95.6 Å². The minimum atomic E-state index is -5.01. The van der Waals surface area contributed by atoms with Crippen LogP contribution in [-0.4, -0.2) is 32.2 Å². The van der Waals surface area contributed by atoms with E-state index in [4.69, 9.17) is 4.42 Å². The van der Waals surface area contributed by atoms with Gasteiger partial charge in [-0.15, -0.1) is 0 Å². The fraction of sp³-hybridized carbons (Fsp3) is 0.300. The van der Waals surface area contributed by atoms with Crippen molar-refractivity contribution < 1.29 is 37.0 Å². The fourth-order valence-corrected chi connectivity index (χ4v) is 4.31. The van der Waals surface area contributed by atoms with Crippen LogP contribution in [0.2, 0.25) is 0 Å². The molecule has 3 fully saturated rings. The third kappa shape index (κ3) is 2.82. The summed E-state index contributed by atoms with van der Waals surface area (Å²) >= 11 is 0. The second-order valence-electron chi connectivity index (χ2n) is 8.05. The molecule has 0 spiro atoms. The molecule has 6 rings (SSSR count). The molecule has 2 bridgehead atoms. The summed E-state index contributed by atoms with van der Waals surface area (Å²) < 4.78 is 58.1. The van der Waals surface area contributed by atoms with E-state index >= 15 is 0 Å². The number of phenolic OH excluding ortho intramolecular Hbond substituents is 1. The molecule has 3 saturated carbocycles. The number of rotatable bonds is 3. The molecule has 0 saturated heterocycles. The van der Waals surface area contributed by atoms with Crippen LogP contribution in [0.25, 0.3) is 22.6 Å². The highest BCUT2D eigenvalue weighted by Gasteiger charge is 2.68. The lowest BCUT2D eigenvalue weighted by atomic mass is 9.46. The number of oxazole rings is 1. The zero-order valence-electron chi connectivity index (χ0n) is 15.2. The number of fused-ring (bicyclic) bond motifs is 1. The largest absolute Gasteiger partial charge is 0.505 e. The van der Waals surface area contributed by atoms with Crippen molar-refractivity contribution in [2.24, 2.45) is 0 Å². The van der Waals surface area contributed by atoms with Crippen LogP contribution in [-0.2, 0) is 6.18 Å². The summed E-state index contributed by atoms with van der Waals surface area (Å²) in [7, 11) is 0. The van der Waals surface area contributed by atoms with Gasteiger partial charge in [0, 0.05) is 16.7 Å². The van der Waals surface area contributed by atoms with E-state index in [2.05, 4.69) is 10.3 Å². The van der Waals surface area contributed by atoms with Crippen molar-refractivity contribution >= 4 is 17.0 Å². The van der Waals surface area contributed by atoms with Gasteiger partial charge in [0.05, 0.1) is 11.2 Å². The second-order valence-corrected chi connectivity index (χ2v) is 8.05. The zero-order valence-corrected chi connectivity index (χ0v) is 15.2. The molecule has 3 aliphatic carbocycles. The Morgan fingerprint density at radius 3 is 2.50 bits per heavy atom. The summed E-state index contributed by atoms with van der Waals surface area (Å²) in [6.45, 7) is 0. The summed E-state index contributed by atoms with van der Waals surface area (Å²) in [4.78, 5) is 16.6. The lowest BCUT2D eigenvalue weighted by Gasteiger charge is -2.67. The monoisotopic (exact) mass is 422 g/mol. The zero-order chi connectivity index (χ0) is 21.5. The van der Waals surface area contributed by atoms with E-state index in [9.17, 15) is 32.6 Å². The summed E-state index contributed by atoms with van der Waals surface area (Å²) in [6, 6.07) is 5.64. The molecule has 156 valence electrons. The van der Waals surface area contributed by atoms with Gasteiger partial charge < -0.3 is 19.9 Å². The smallest absolute Gasteiger partial charge is 0.419 e. The quantitative estimate of drug-likeness (QED) is 0.559. The van der Waals surface area contributed by atoms with Crippen molar-refractivity contribution in [3.05, 3.63) is 47.3 Å². The maximum Gasteiger partial charge on any atom is 0.419 e. The van der Waals surface area contributed by atoms with Gasteiger partial charge in [0.25, 0.3) is 5.91 Å². The Bertz CT molecular complexity index is 1200. The number of hydrogen-bond acceptors (Lipinski definition) is 5. The molecule has 3 aromatic rings. The number of halogens is 4. The standard InChI is InChI=1S/C20H14F4N2O4/c21-15-11(20(22,23)24)3-10(5-13(15)27)17-25-12-4-9(1-2-14(12)30-17)16(28)26-18-6-19(29,7-18)8-18/h1-5,27,29H,6-8H2,(H,26,28). The maximum atomic E-state index is 13.7. The average molecular weight is 422 g/mol. The number of amides is 1. The van der Waals surface area contributed by atoms with E-state index in [1.807, 2.05) is 0 Å². The minimum absolute atomic E-state index is 0.207. The number of aliphatic hydroxyl groups is 1. The highest BCUT2D eigenvalue weighted by molar-refractivity contribution is 5.98. The van der Waals surface area contributed by atoms with Crippen LogP contribution < -0.4 is 5.32 Å². The predicted molar refractivity (Wildman–Crippen MR) is 95.1 cm³/mol. The third-order valence-electron chi connectivity index (χ3n) is 5.64. The van der Waals surface area contributed by atoms with E-state index in [1.165, 1.54) is 18.2 Å². The molecule has 1 heterocycles. The van der Waals surface area contributed by atoms with Crippen molar-refractivity contribution in [1.82, 2.24) is 10.3 Å². The highest BCUT2D eigenvalue weighted by Crippen LogP contribution is 2.60. The van der Waals surface area contributed by atoms with Gasteiger partial charge in [-0.05, 0) is 49.6 Å². The number of carbonyl (C=O) groups excluding carboxylic acids is 1. The van der Waals surface area contributed by atoms with Gasteiger partial charge >= 0.3 is 6.18 Å². The lowest BCUT2D eigenvalue weighted by Crippen LogP contribution is -2.78. The first kappa shape index (κ1) is 18.9. The molecule has 2 aromatic carbocycles. The summed E-state index contributed by atoms with van der Waals surface area (Å²) in [5, 5.41) is 22.2. The Hall–Kier alpha value is -3.14. The van der Waals surface area contributed by atoms with Gasteiger partial charge in [-0.25, -0.2) is 9.37 Å². The molecule has 0 unspecified atom stereocenters. The Morgan fingerprint density at radius 1 is 1.17 bits per heavy atom. The number of aromatic hydroxyl groups is 1. The summed E-state index contributed by atoms with van der Waals surface area (Å²) in [5.74, 6) is -3.58. The number of hydrogen-bond donors (Lipinski definition) is 3. The van der Waals surface area contributed by atoms with Gasteiger partial charge in [0.2, 0.25) is 5.89 Å². The van der Waals surface area contributed by atoms with E-state index in [1.54, 1.807) is 0 Å². The lowest BCUT2D eigenvalue weighted by molar-refractivity contribution is -0.215. The molecular weight excluding hydrogens is 408 g/mol. The third-order valence-corrected chi connectivity index (χ3v) is 5.64. The fourth-order valence-electron chi connectivity index (χ4n) is 4.31. The van der Waals surface area contributed by atoms with Gasteiger partial charge in [-0.2, -0.15) is 13.2 Å². The van der Waals surface area contributed by atoms with Crippen LogP contribution in [0.4, 0.5) is 17.6 Å². The van der Waals surface area contributed by atoms with Crippen LogP contribution in [0.15, 0.2) is 34.7 Å². The van der Waals surface area contributed by atoms with Crippen LogP contribution >= 0.6 is 0 Å².